The molecule has 0 aliphatic rings. The van der Waals surface area contributed by atoms with Gasteiger partial charge in [0, 0.05) is 18.3 Å². The third-order valence-electron chi connectivity index (χ3n) is 4.27. The second-order valence-electron chi connectivity index (χ2n) is 6.89. The molecule has 2 aromatic carbocycles. The molecule has 158 valence electrons. The highest BCUT2D eigenvalue weighted by Crippen LogP contribution is 2.31. The summed E-state index contributed by atoms with van der Waals surface area (Å²) < 4.78 is 24.5. The van der Waals surface area contributed by atoms with E-state index in [1.165, 1.54) is 12.1 Å². The lowest BCUT2D eigenvalue weighted by atomic mass is 10.1. The van der Waals surface area contributed by atoms with E-state index in [4.69, 9.17) is 9.47 Å². The molecule has 0 saturated heterocycles. The van der Waals surface area contributed by atoms with Gasteiger partial charge in [0.1, 0.15) is 11.9 Å². The van der Waals surface area contributed by atoms with E-state index in [0.717, 1.165) is 24.1 Å². The summed E-state index contributed by atoms with van der Waals surface area (Å²) in [5, 5.41) is 6.10. The fourth-order valence-corrected chi connectivity index (χ4v) is 2.70. The third-order valence-corrected chi connectivity index (χ3v) is 4.27. The Morgan fingerprint density at radius 2 is 1.66 bits per heavy atom. The average molecular weight is 403 g/mol. The molecular formula is C23H31FN2O3. The maximum Gasteiger partial charge on any atom is 0.242 e. The van der Waals surface area contributed by atoms with Gasteiger partial charge in [0.15, 0.2) is 11.5 Å². The molecule has 0 saturated carbocycles. The van der Waals surface area contributed by atoms with Crippen molar-refractivity contribution in [1.29, 1.82) is 0 Å². The Balaban J connectivity index is 1.89. The number of carbonyl (C=O) groups excluding carboxylic acids is 1. The van der Waals surface area contributed by atoms with Crippen LogP contribution in [0.5, 0.6) is 11.5 Å². The Hall–Kier alpha value is -2.76. The predicted octanol–water partition coefficient (Wildman–Crippen LogP) is 4.56. The molecule has 0 radical (unpaired) electrons. The van der Waals surface area contributed by atoms with Crippen molar-refractivity contribution in [3.8, 4) is 11.5 Å². The van der Waals surface area contributed by atoms with Gasteiger partial charge in [-0.3, -0.25) is 4.79 Å². The number of rotatable bonds is 12. The zero-order valence-corrected chi connectivity index (χ0v) is 17.5. The van der Waals surface area contributed by atoms with Crippen molar-refractivity contribution in [3.05, 3.63) is 53.8 Å². The number of hydrogen-bond donors (Lipinski definition) is 2. The van der Waals surface area contributed by atoms with E-state index in [0.29, 0.717) is 37.7 Å². The summed E-state index contributed by atoms with van der Waals surface area (Å²) in [4.78, 5) is 12.4. The molecule has 0 spiro atoms. The quantitative estimate of drug-likeness (QED) is 0.546. The van der Waals surface area contributed by atoms with E-state index in [1.54, 1.807) is 19.1 Å². The van der Waals surface area contributed by atoms with E-state index in [-0.39, 0.29) is 11.7 Å². The molecule has 2 rings (SSSR count). The molecule has 0 aliphatic heterocycles. The summed E-state index contributed by atoms with van der Waals surface area (Å²) in [6, 6.07) is 11.5. The Morgan fingerprint density at radius 3 is 2.31 bits per heavy atom. The maximum absolute atomic E-state index is 12.9. The highest BCUT2D eigenvalue weighted by Gasteiger charge is 2.14. The molecule has 1 unspecified atom stereocenters. The molecule has 6 heteroatoms. The van der Waals surface area contributed by atoms with Crippen LogP contribution >= 0.6 is 0 Å². The normalized spacial score (nSPS) is 11.6. The van der Waals surface area contributed by atoms with Crippen molar-refractivity contribution < 1.29 is 18.7 Å². The van der Waals surface area contributed by atoms with Gasteiger partial charge in [-0.15, -0.1) is 0 Å². The van der Waals surface area contributed by atoms with Gasteiger partial charge >= 0.3 is 0 Å². The minimum absolute atomic E-state index is 0.102. The van der Waals surface area contributed by atoms with Crippen molar-refractivity contribution >= 4 is 11.6 Å². The zero-order chi connectivity index (χ0) is 21.1. The van der Waals surface area contributed by atoms with Crippen LogP contribution in [-0.4, -0.2) is 31.7 Å². The predicted molar refractivity (Wildman–Crippen MR) is 114 cm³/mol. The van der Waals surface area contributed by atoms with Crippen molar-refractivity contribution in [2.24, 2.45) is 0 Å². The van der Waals surface area contributed by atoms with Gasteiger partial charge in [-0.2, -0.15) is 0 Å². The lowest BCUT2D eigenvalue weighted by Gasteiger charge is -2.18. The second-order valence-corrected chi connectivity index (χ2v) is 6.89. The molecule has 0 heterocycles. The first-order valence-corrected chi connectivity index (χ1v) is 10.2. The van der Waals surface area contributed by atoms with Crippen molar-refractivity contribution in [2.45, 2.75) is 46.1 Å². The molecule has 2 N–H and O–H groups in total. The van der Waals surface area contributed by atoms with Crippen molar-refractivity contribution in [2.75, 3.05) is 25.1 Å². The summed E-state index contributed by atoms with van der Waals surface area (Å²) in [7, 11) is 0. The lowest BCUT2D eigenvalue weighted by Crippen LogP contribution is -2.38. The first kappa shape index (κ1) is 22.5. The summed E-state index contributed by atoms with van der Waals surface area (Å²) in [5.41, 5.74) is 1.77. The standard InChI is InChI=1S/C23H31FN2O3/c1-4-14-28-21-11-10-20(16-22(21)29-15-5-2)26-17(3)23(27)25-13-12-18-6-8-19(24)9-7-18/h6-11,16-17,26H,4-5,12-15H2,1-3H3,(H,25,27). The van der Waals surface area contributed by atoms with Gasteiger partial charge in [0.05, 0.1) is 13.2 Å². The van der Waals surface area contributed by atoms with Gasteiger partial charge in [0.25, 0.3) is 0 Å². The van der Waals surface area contributed by atoms with E-state index >= 15 is 0 Å². The molecular weight excluding hydrogens is 371 g/mol. The maximum atomic E-state index is 12.9. The largest absolute Gasteiger partial charge is 0.490 e. The summed E-state index contributed by atoms with van der Waals surface area (Å²) in [5.74, 6) is 1.02. The summed E-state index contributed by atoms with van der Waals surface area (Å²) in [6.07, 6.45) is 2.47. The van der Waals surface area contributed by atoms with Gasteiger partial charge in [-0.1, -0.05) is 26.0 Å². The van der Waals surface area contributed by atoms with Gasteiger partial charge in [-0.05, 0) is 56.0 Å². The zero-order valence-electron chi connectivity index (χ0n) is 17.5. The monoisotopic (exact) mass is 402 g/mol. The van der Waals surface area contributed by atoms with Gasteiger partial charge in [0.2, 0.25) is 5.91 Å². The Labute approximate surface area is 172 Å². The van der Waals surface area contributed by atoms with Crippen LogP contribution in [-0.2, 0) is 11.2 Å². The lowest BCUT2D eigenvalue weighted by molar-refractivity contribution is -0.121. The topological polar surface area (TPSA) is 59.6 Å². The Bertz CT molecular complexity index is 765. The minimum atomic E-state index is -0.412. The highest BCUT2D eigenvalue weighted by molar-refractivity contribution is 5.84. The van der Waals surface area contributed by atoms with E-state index in [2.05, 4.69) is 17.6 Å². The van der Waals surface area contributed by atoms with Gasteiger partial charge in [-0.25, -0.2) is 4.39 Å². The number of halogens is 1. The van der Waals surface area contributed by atoms with Crippen LogP contribution in [0.2, 0.25) is 0 Å². The number of carbonyl (C=O) groups is 1. The van der Waals surface area contributed by atoms with Crippen LogP contribution in [0, 0.1) is 5.82 Å². The molecule has 1 atom stereocenters. The summed E-state index contributed by atoms with van der Waals surface area (Å²) in [6.45, 7) is 7.63. The molecule has 0 aromatic heterocycles. The first-order valence-electron chi connectivity index (χ1n) is 10.2. The van der Waals surface area contributed by atoms with Crippen LogP contribution in [0.25, 0.3) is 0 Å². The van der Waals surface area contributed by atoms with Crippen LogP contribution < -0.4 is 20.1 Å². The Morgan fingerprint density at radius 1 is 1.00 bits per heavy atom. The number of benzene rings is 2. The third kappa shape index (κ3) is 7.64. The fourth-order valence-electron chi connectivity index (χ4n) is 2.70. The van der Waals surface area contributed by atoms with E-state index in [9.17, 15) is 9.18 Å². The number of hydrogen-bond acceptors (Lipinski definition) is 4. The molecule has 29 heavy (non-hydrogen) atoms. The minimum Gasteiger partial charge on any atom is -0.490 e. The van der Waals surface area contributed by atoms with Crippen molar-refractivity contribution in [3.63, 3.8) is 0 Å². The highest BCUT2D eigenvalue weighted by atomic mass is 19.1. The molecule has 2 aromatic rings. The molecule has 5 nitrogen and oxygen atoms in total. The summed E-state index contributed by atoms with van der Waals surface area (Å²) >= 11 is 0. The SMILES string of the molecule is CCCOc1ccc(NC(C)C(=O)NCCc2ccc(F)cc2)cc1OCCC. The number of ether oxygens (including phenoxy) is 2. The Kier molecular flexibility index (Phi) is 9.28. The number of nitrogens with one attached hydrogen (secondary N) is 2. The first-order chi connectivity index (χ1) is 14.0. The smallest absolute Gasteiger partial charge is 0.242 e. The van der Waals surface area contributed by atoms with Crippen LogP contribution in [0.1, 0.15) is 39.2 Å². The number of anilines is 1. The van der Waals surface area contributed by atoms with Gasteiger partial charge < -0.3 is 20.1 Å². The van der Waals surface area contributed by atoms with Crippen LogP contribution in [0.4, 0.5) is 10.1 Å². The van der Waals surface area contributed by atoms with E-state index < -0.39 is 6.04 Å². The van der Waals surface area contributed by atoms with Crippen LogP contribution in [0.15, 0.2) is 42.5 Å². The molecule has 1 amide bonds. The number of amides is 1. The fraction of sp³-hybridized carbons (Fsp3) is 0.435. The van der Waals surface area contributed by atoms with Crippen LogP contribution in [0.3, 0.4) is 0 Å². The molecule has 0 fully saturated rings. The molecule has 0 aliphatic carbocycles. The van der Waals surface area contributed by atoms with E-state index in [1.807, 2.05) is 25.1 Å². The average Bonchev–Trinajstić information content (AvgIpc) is 2.72. The molecule has 0 bridgehead atoms. The van der Waals surface area contributed by atoms with Crippen molar-refractivity contribution in [1.82, 2.24) is 5.32 Å². The second kappa shape index (κ2) is 11.9.